The van der Waals surface area contributed by atoms with Crippen LogP contribution in [0.2, 0.25) is 0 Å². The van der Waals surface area contributed by atoms with Gasteiger partial charge in [0.2, 0.25) is 5.91 Å². The number of nitrogens with one attached hydrogen (secondary N) is 1. The van der Waals surface area contributed by atoms with E-state index in [1.165, 1.54) is 0 Å². The summed E-state index contributed by atoms with van der Waals surface area (Å²) in [6, 6.07) is 4.08. The number of anilines is 1. The number of carbonyl (C=O) groups is 1. The average Bonchev–Trinajstić information content (AvgIpc) is 2.80. The van der Waals surface area contributed by atoms with Crippen molar-refractivity contribution in [3.8, 4) is 0 Å². The van der Waals surface area contributed by atoms with E-state index in [0.29, 0.717) is 0 Å². The van der Waals surface area contributed by atoms with E-state index in [1.807, 2.05) is 26.2 Å². The highest BCUT2D eigenvalue weighted by atomic mass is 16.2. The summed E-state index contributed by atoms with van der Waals surface area (Å²) in [5.74, 6) is 0.0622. The number of fused-ring (bicyclic) bond motifs is 2. The summed E-state index contributed by atoms with van der Waals surface area (Å²) in [6.45, 7) is 7.02. The predicted octanol–water partition coefficient (Wildman–Crippen LogP) is 2.68. The maximum atomic E-state index is 11.9. The van der Waals surface area contributed by atoms with Crippen LogP contribution >= 0.6 is 0 Å². The fourth-order valence-electron chi connectivity index (χ4n) is 2.54. The Bertz CT molecular complexity index is 640. The van der Waals surface area contributed by atoms with Crippen molar-refractivity contribution in [3.05, 3.63) is 24.0 Å². The number of nitrogens with zero attached hydrogens (tertiary/aromatic N) is 2. The first-order valence-corrected chi connectivity index (χ1v) is 6.35. The minimum absolute atomic E-state index is 0.0622. The monoisotopic (exact) mass is 243 g/mol. The van der Waals surface area contributed by atoms with Crippen LogP contribution in [0.5, 0.6) is 0 Å². The van der Waals surface area contributed by atoms with Gasteiger partial charge in [0, 0.05) is 12.2 Å². The topological polar surface area (TPSA) is 46.9 Å². The summed E-state index contributed by atoms with van der Waals surface area (Å²) in [7, 11) is 0. The number of aromatic nitrogens is 2. The molecular formula is C14H17N3O. The minimum Gasteiger partial charge on any atom is -0.331 e. The highest BCUT2D eigenvalue weighted by Crippen LogP contribution is 2.39. The van der Waals surface area contributed by atoms with Crippen LogP contribution in [0.1, 0.15) is 32.8 Å². The van der Waals surface area contributed by atoms with Crippen LogP contribution in [0.4, 0.5) is 5.69 Å². The molecule has 1 amide bonds. The Morgan fingerprint density at radius 2 is 2.17 bits per heavy atom. The van der Waals surface area contributed by atoms with Crippen LogP contribution in [0.3, 0.4) is 0 Å². The van der Waals surface area contributed by atoms with Gasteiger partial charge in [0.1, 0.15) is 0 Å². The molecule has 0 spiro atoms. The lowest BCUT2D eigenvalue weighted by atomic mass is 9.86. The molecule has 0 fully saturated rings. The summed E-state index contributed by atoms with van der Waals surface area (Å²) in [4.78, 5) is 16.3. The molecule has 0 saturated carbocycles. The van der Waals surface area contributed by atoms with Gasteiger partial charge in [-0.3, -0.25) is 4.79 Å². The number of carbonyl (C=O) groups excluding carboxylic acids is 1. The third-order valence-electron chi connectivity index (χ3n) is 3.71. The Morgan fingerprint density at radius 1 is 1.39 bits per heavy atom. The van der Waals surface area contributed by atoms with E-state index in [-0.39, 0.29) is 5.91 Å². The van der Waals surface area contributed by atoms with Crippen molar-refractivity contribution in [1.82, 2.24) is 9.55 Å². The lowest BCUT2D eigenvalue weighted by Crippen LogP contribution is -2.26. The van der Waals surface area contributed by atoms with E-state index in [2.05, 4.69) is 27.9 Å². The molecule has 4 nitrogen and oxygen atoms in total. The molecule has 0 unspecified atom stereocenters. The van der Waals surface area contributed by atoms with Gasteiger partial charge < -0.3 is 9.88 Å². The SMILES string of the molecule is CCCn1cnc2cc3c(cc21)C(C)(C)C(=O)N3. The fraction of sp³-hybridized carbons (Fsp3) is 0.429. The molecule has 1 aliphatic heterocycles. The van der Waals surface area contributed by atoms with Gasteiger partial charge in [-0.05, 0) is 38.0 Å². The van der Waals surface area contributed by atoms with E-state index in [4.69, 9.17) is 0 Å². The van der Waals surface area contributed by atoms with Crippen molar-refractivity contribution < 1.29 is 4.79 Å². The fourth-order valence-corrected chi connectivity index (χ4v) is 2.54. The molecule has 94 valence electrons. The van der Waals surface area contributed by atoms with Gasteiger partial charge in [0.15, 0.2) is 0 Å². The standard InChI is InChI=1S/C14H17N3O/c1-4-5-17-8-15-11-7-10-9(6-12(11)17)14(2,3)13(18)16-10/h6-8H,4-5H2,1-3H3,(H,16,18). The first-order valence-electron chi connectivity index (χ1n) is 6.35. The lowest BCUT2D eigenvalue weighted by molar-refractivity contribution is -0.119. The summed E-state index contributed by atoms with van der Waals surface area (Å²) in [5.41, 5.74) is 3.57. The number of benzene rings is 1. The van der Waals surface area contributed by atoms with E-state index in [9.17, 15) is 4.79 Å². The third kappa shape index (κ3) is 1.38. The zero-order chi connectivity index (χ0) is 12.9. The Kier molecular flexibility index (Phi) is 2.24. The van der Waals surface area contributed by atoms with Crippen molar-refractivity contribution in [3.63, 3.8) is 0 Å². The molecule has 1 aliphatic rings. The van der Waals surface area contributed by atoms with Crippen LogP contribution in [0, 0.1) is 0 Å². The zero-order valence-electron chi connectivity index (χ0n) is 10.9. The molecule has 0 aliphatic carbocycles. The smallest absolute Gasteiger partial charge is 0.234 e. The Hall–Kier alpha value is -1.84. The van der Waals surface area contributed by atoms with E-state index in [0.717, 1.165) is 35.2 Å². The molecule has 0 bridgehead atoms. The van der Waals surface area contributed by atoms with E-state index >= 15 is 0 Å². The van der Waals surface area contributed by atoms with Gasteiger partial charge in [0.05, 0.1) is 22.8 Å². The van der Waals surface area contributed by atoms with Crippen LogP contribution in [-0.2, 0) is 16.8 Å². The van der Waals surface area contributed by atoms with Crippen molar-refractivity contribution >= 4 is 22.6 Å². The summed E-state index contributed by atoms with van der Waals surface area (Å²) >= 11 is 0. The summed E-state index contributed by atoms with van der Waals surface area (Å²) < 4.78 is 2.15. The molecule has 1 aromatic heterocycles. The molecule has 0 saturated heterocycles. The van der Waals surface area contributed by atoms with Gasteiger partial charge in [-0.1, -0.05) is 6.92 Å². The molecule has 3 rings (SSSR count). The van der Waals surface area contributed by atoms with Gasteiger partial charge in [-0.25, -0.2) is 4.98 Å². The predicted molar refractivity (Wildman–Crippen MR) is 71.7 cm³/mol. The van der Waals surface area contributed by atoms with Crippen molar-refractivity contribution in [2.45, 2.75) is 39.2 Å². The normalized spacial score (nSPS) is 16.9. The van der Waals surface area contributed by atoms with Crippen LogP contribution in [-0.4, -0.2) is 15.5 Å². The number of aryl methyl sites for hydroxylation is 1. The molecule has 0 radical (unpaired) electrons. The lowest BCUT2D eigenvalue weighted by Gasteiger charge is -2.15. The summed E-state index contributed by atoms with van der Waals surface area (Å²) in [5, 5.41) is 2.93. The largest absolute Gasteiger partial charge is 0.331 e. The molecule has 2 heterocycles. The second kappa shape index (κ2) is 3.57. The molecule has 0 atom stereocenters. The van der Waals surface area contributed by atoms with Crippen LogP contribution < -0.4 is 5.32 Å². The molecule has 4 heteroatoms. The van der Waals surface area contributed by atoms with Crippen molar-refractivity contribution in [2.24, 2.45) is 0 Å². The molecule has 2 aromatic rings. The van der Waals surface area contributed by atoms with Crippen LogP contribution in [0.15, 0.2) is 18.5 Å². The molecule has 1 aromatic carbocycles. The van der Waals surface area contributed by atoms with Crippen molar-refractivity contribution in [1.29, 1.82) is 0 Å². The number of imidazole rings is 1. The molecular weight excluding hydrogens is 226 g/mol. The molecule has 1 N–H and O–H groups in total. The Labute approximate surface area is 106 Å². The number of hydrogen-bond acceptors (Lipinski definition) is 2. The quantitative estimate of drug-likeness (QED) is 0.881. The number of amides is 1. The second-order valence-corrected chi connectivity index (χ2v) is 5.40. The van der Waals surface area contributed by atoms with Crippen LogP contribution in [0.25, 0.3) is 11.0 Å². The number of hydrogen-bond donors (Lipinski definition) is 1. The first kappa shape index (κ1) is 11.3. The maximum absolute atomic E-state index is 11.9. The average molecular weight is 243 g/mol. The van der Waals surface area contributed by atoms with Gasteiger partial charge in [-0.2, -0.15) is 0 Å². The highest BCUT2D eigenvalue weighted by molar-refractivity contribution is 6.07. The minimum atomic E-state index is -0.454. The Balaban J connectivity index is 2.23. The second-order valence-electron chi connectivity index (χ2n) is 5.40. The molecule has 18 heavy (non-hydrogen) atoms. The maximum Gasteiger partial charge on any atom is 0.234 e. The van der Waals surface area contributed by atoms with Gasteiger partial charge in [-0.15, -0.1) is 0 Å². The zero-order valence-corrected chi connectivity index (χ0v) is 10.9. The van der Waals surface area contributed by atoms with Crippen molar-refractivity contribution in [2.75, 3.05) is 5.32 Å². The summed E-state index contributed by atoms with van der Waals surface area (Å²) in [6.07, 6.45) is 2.95. The van der Waals surface area contributed by atoms with Gasteiger partial charge in [0.25, 0.3) is 0 Å². The number of rotatable bonds is 2. The highest BCUT2D eigenvalue weighted by Gasteiger charge is 2.38. The Morgan fingerprint density at radius 3 is 2.89 bits per heavy atom. The first-order chi connectivity index (χ1) is 8.54. The van der Waals surface area contributed by atoms with E-state index < -0.39 is 5.41 Å². The third-order valence-corrected chi connectivity index (χ3v) is 3.71. The van der Waals surface area contributed by atoms with Gasteiger partial charge >= 0.3 is 0 Å². The van der Waals surface area contributed by atoms with E-state index in [1.54, 1.807) is 0 Å².